The minimum atomic E-state index is -0.441. The van der Waals surface area contributed by atoms with Crippen LogP contribution in [0.25, 0.3) is 6.08 Å². The lowest BCUT2D eigenvalue weighted by Crippen LogP contribution is -1.95. The number of benzene rings is 1. The van der Waals surface area contributed by atoms with E-state index in [1.54, 1.807) is 25.3 Å². The van der Waals surface area contributed by atoms with Gasteiger partial charge in [0.05, 0.1) is 19.1 Å². The van der Waals surface area contributed by atoms with Crippen molar-refractivity contribution in [2.75, 3.05) is 14.2 Å². The number of hydrogen-bond donors (Lipinski definition) is 0. The van der Waals surface area contributed by atoms with Gasteiger partial charge in [0, 0.05) is 24.6 Å². The highest BCUT2D eigenvalue weighted by molar-refractivity contribution is 5.60. The van der Waals surface area contributed by atoms with E-state index in [-0.39, 0.29) is 5.70 Å². The number of nitro groups is 1. The predicted octanol–water partition coefficient (Wildman–Crippen LogP) is 2.34. The fourth-order valence-corrected chi connectivity index (χ4v) is 1.22. The molecule has 5 nitrogen and oxygen atoms in total. The molecule has 0 aliphatic carbocycles. The van der Waals surface area contributed by atoms with Gasteiger partial charge < -0.3 is 9.47 Å². The van der Waals surface area contributed by atoms with Crippen LogP contribution in [0.2, 0.25) is 0 Å². The number of methoxy groups -OCH3 is 2. The topological polar surface area (TPSA) is 61.6 Å². The molecule has 1 aromatic carbocycles. The maximum absolute atomic E-state index is 10.5. The lowest BCUT2D eigenvalue weighted by Gasteiger charge is -2.06. The zero-order chi connectivity index (χ0) is 12.1. The molecular weight excluding hydrogens is 210 g/mol. The van der Waals surface area contributed by atoms with Gasteiger partial charge in [0.15, 0.2) is 0 Å². The molecule has 0 saturated heterocycles. The first-order chi connectivity index (χ1) is 7.58. The van der Waals surface area contributed by atoms with Crippen LogP contribution in [0.5, 0.6) is 11.5 Å². The molecular formula is C11H13NO4. The minimum absolute atomic E-state index is 0.0588. The van der Waals surface area contributed by atoms with Crippen LogP contribution in [0.15, 0.2) is 23.9 Å². The Morgan fingerprint density at radius 1 is 1.38 bits per heavy atom. The van der Waals surface area contributed by atoms with Crippen LogP contribution in [0, 0.1) is 10.1 Å². The van der Waals surface area contributed by atoms with Gasteiger partial charge >= 0.3 is 0 Å². The molecule has 0 radical (unpaired) electrons. The second-order valence-electron chi connectivity index (χ2n) is 3.15. The molecule has 0 heterocycles. The highest BCUT2D eigenvalue weighted by Gasteiger charge is 2.07. The van der Waals surface area contributed by atoms with E-state index in [2.05, 4.69) is 0 Å². The number of rotatable bonds is 4. The van der Waals surface area contributed by atoms with Crippen LogP contribution in [0.1, 0.15) is 12.5 Å². The molecule has 1 aromatic rings. The van der Waals surface area contributed by atoms with Gasteiger partial charge in [-0.15, -0.1) is 0 Å². The van der Waals surface area contributed by atoms with Crippen molar-refractivity contribution in [2.24, 2.45) is 0 Å². The largest absolute Gasteiger partial charge is 0.497 e. The van der Waals surface area contributed by atoms with Gasteiger partial charge in [0.2, 0.25) is 5.70 Å². The molecule has 0 fully saturated rings. The van der Waals surface area contributed by atoms with Crippen LogP contribution in [0.3, 0.4) is 0 Å². The van der Waals surface area contributed by atoms with Crippen molar-refractivity contribution < 1.29 is 14.4 Å². The summed E-state index contributed by atoms with van der Waals surface area (Å²) in [6.07, 6.45) is 1.46. The molecule has 0 amide bonds. The Kier molecular flexibility index (Phi) is 3.88. The SMILES string of the molecule is COc1ccc(C=C(C)[N+](=O)[O-])c(OC)c1. The van der Waals surface area contributed by atoms with E-state index < -0.39 is 4.92 Å². The standard InChI is InChI=1S/C11H13NO4/c1-8(12(13)14)6-9-4-5-10(15-2)7-11(9)16-3/h4-7H,1-3H3. The summed E-state index contributed by atoms with van der Waals surface area (Å²) < 4.78 is 10.2. The average Bonchev–Trinajstić information content (AvgIpc) is 2.29. The first kappa shape index (κ1) is 12.0. The summed E-state index contributed by atoms with van der Waals surface area (Å²) >= 11 is 0. The van der Waals surface area contributed by atoms with Crippen molar-refractivity contribution in [2.45, 2.75) is 6.92 Å². The number of hydrogen-bond acceptors (Lipinski definition) is 4. The van der Waals surface area contributed by atoms with Crippen molar-refractivity contribution in [3.05, 3.63) is 39.6 Å². The van der Waals surface area contributed by atoms with Crippen molar-refractivity contribution in [1.29, 1.82) is 0 Å². The quantitative estimate of drug-likeness (QED) is 0.580. The molecule has 1 rings (SSSR count). The fraction of sp³-hybridized carbons (Fsp3) is 0.273. The number of allylic oxidation sites excluding steroid dienone is 1. The maximum Gasteiger partial charge on any atom is 0.243 e. The highest BCUT2D eigenvalue weighted by Crippen LogP contribution is 2.26. The minimum Gasteiger partial charge on any atom is -0.497 e. The van der Waals surface area contributed by atoms with Gasteiger partial charge in [-0.2, -0.15) is 0 Å². The molecule has 0 aromatic heterocycles. The summed E-state index contributed by atoms with van der Waals surface area (Å²) in [7, 11) is 3.06. The van der Waals surface area contributed by atoms with Crippen LogP contribution in [-0.4, -0.2) is 19.1 Å². The average molecular weight is 223 g/mol. The third-order valence-electron chi connectivity index (χ3n) is 2.09. The van der Waals surface area contributed by atoms with Crippen LogP contribution in [0.4, 0.5) is 0 Å². The van der Waals surface area contributed by atoms with Gasteiger partial charge in [-0.3, -0.25) is 10.1 Å². The zero-order valence-corrected chi connectivity index (χ0v) is 9.39. The molecule has 0 spiro atoms. The first-order valence-corrected chi connectivity index (χ1v) is 4.63. The molecule has 0 aliphatic rings. The maximum atomic E-state index is 10.5. The lowest BCUT2D eigenvalue weighted by atomic mass is 10.1. The number of nitrogens with zero attached hydrogens (tertiary/aromatic N) is 1. The summed E-state index contributed by atoms with van der Waals surface area (Å²) in [4.78, 5) is 10.1. The van der Waals surface area contributed by atoms with Crippen molar-refractivity contribution in [3.8, 4) is 11.5 Å². The predicted molar refractivity (Wildman–Crippen MR) is 60.2 cm³/mol. The second kappa shape index (κ2) is 5.16. The second-order valence-corrected chi connectivity index (χ2v) is 3.15. The molecule has 0 bridgehead atoms. The summed E-state index contributed by atoms with van der Waals surface area (Å²) in [5.41, 5.74) is 0.709. The van der Waals surface area contributed by atoms with E-state index in [4.69, 9.17) is 9.47 Å². The van der Waals surface area contributed by atoms with E-state index in [0.29, 0.717) is 17.1 Å². The monoisotopic (exact) mass is 223 g/mol. The van der Waals surface area contributed by atoms with Gasteiger partial charge in [-0.25, -0.2) is 0 Å². The van der Waals surface area contributed by atoms with E-state index in [9.17, 15) is 10.1 Å². The van der Waals surface area contributed by atoms with Gasteiger partial charge in [-0.05, 0) is 12.1 Å². The Morgan fingerprint density at radius 3 is 2.56 bits per heavy atom. The van der Waals surface area contributed by atoms with Crippen molar-refractivity contribution >= 4 is 6.08 Å². The fourth-order valence-electron chi connectivity index (χ4n) is 1.22. The van der Waals surface area contributed by atoms with Crippen molar-refractivity contribution in [3.63, 3.8) is 0 Å². The summed E-state index contributed by atoms with van der Waals surface area (Å²) in [5.74, 6) is 1.19. The normalized spacial score (nSPS) is 11.1. The highest BCUT2D eigenvalue weighted by atomic mass is 16.6. The third kappa shape index (κ3) is 2.73. The van der Waals surface area contributed by atoms with Crippen LogP contribution < -0.4 is 9.47 Å². The Balaban J connectivity index is 3.14. The lowest BCUT2D eigenvalue weighted by molar-refractivity contribution is -0.422. The molecule has 86 valence electrons. The van der Waals surface area contributed by atoms with E-state index in [0.717, 1.165) is 0 Å². The Hall–Kier alpha value is -2.04. The third-order valence-corrected chi connectivity index (χ3v) is 2.09. The van der Waals surface area contributed by atoms with Crippen molar-refractivity contribution in [1.82, 2.24) is 0 Å². The van der Waals surface area contributed by atoms with Gasteiger partial charge in [-0.1, -0.05) is 0 Å². The van der Waals surface area contributed by atoms with E-state index >= 15 is 0 Å². The Morgan fingerprint density at radius 2 is 2.06 bits per heavy atom. The van der Waals surface area contributed by atoms with Gasteiger partial charge in [0.25, 0.3) is 0 Å². The smallest absolute Gasteiger partial charge is 0.243 e. The van der Waals surface area contributed by atoms with E-state index in [1.165, 1.54) is 20.1 Å². The first-order valence-electron chi connectivity index (χ1n) is 4.63. The molecule has 0 N–H and O–H groups in total. The summed E-state index contributed by atoms with van der Waals surface area (Å²) in [5, 5.41) is 10.5. The zero-order valence-electron chi connectivity index (χ0n) is 9.39. The van der Waals surface area contributed by atoms with E-state index in [1.807, 2.05) is 0 Å². The summed E-state index contributed by atoms with van der Waals surface area (Å²) in [6, 6.07) is 5.12. The molecule has 0 aliphatic heterocycles. The Bertz CT molecular complexity index is 426. The molecule has 0 unspecified atom stereocenters. The van der Waals surface area contributed by atoms with Gasteiger partial charge in [0.1, 0.15) is 11.5 Å². The molecule has 0 atom stereocenters. The summed E-state index contributed by atoms with van der Waals surface area (Å²) in [6.45, 7) is 1.43. The molecule has 5 heteroatoms. The molecule has 0 saturated carbocycles. The number of ether oxygens (including phenoxy) is 2. The van der Waals surface area contributed by atoms with Crippen LogP contribution >= 0.6 is 0 Å². The van der Waals surface area contributed by atoms with Crippen LogP contribution in [-0.2, 0) is 0 Å². The Labute approximate surface area is 93.4 Å². The molecule has 16 heavy (non-hydrogen) atoms.